The molecule has 0 saturated heterocycles. The summed E-state index contributed by atoms with van der Waals surface area (Å²) in [5.74, 6) is 1.71. The van der Waals surface area contributed by atoms with Crippen molar-refractivity contribution >= 4 is 5.69 Å². The normalized spacial score (nSPS) is 16.1. The molecule has 0 spiro atoms. The molecule has 3 heteroatoms. The molecule has 21 heavy (non-hydrogen) atoms. The lowest BCUT2D eigenvalue weighted by atomic mass is 9.85. The average molecular weight is 284 g/mol. The first-order valence-electron chi connectivity index (χ1n) is 8.01. The second kappa shape index (κ2) is 6.33. The monoisotopic (exact) mass is 284 g/mol. The summed E-state index contributed by atoms with van der Waals surface area (Å²) in [7, 11) is 1.90. The summed E-state index contributed by atoms with van der Waals surface area (Å²) < 4.78 is 5.45. The number of rotatable bonds is 4. The molecule has 1 heterocycles. The minimum Gasteiger partial charge on any atom is -0.383 e. The Kier molecular flexibility index (Phi) is 4.28. The number of hydrogen-bond donors (Lipinski definition) is 1. The molecular formula is C18H24N2O. The van der Waals surface area contributed by atoms with Crippen LogP contribution in [0.1, 0.15) is 43.4 Å². The van der Waals surface area contributed by atoms with E-state index in [9.17, 15) is 0 Å². The third-order valence-electron chi connectivity index (χ3n) is 4.58. The number of nitrogens with zero attached hydrogens (tertiary/aromatic N) is 1. The van der Waals surface area contributed by atoms with Crippen molar-refractivity contribution in [3.8, 4) is 11.3 Å². The van der Waals surface area contributed by atoms with E-state index >= 15 is 0 Å². The number of nitrogens with one attached hydrogen (secondary N) is 1. The third kappa shape index (κ3) is 3.12. The number of aryl methyl sites for hydroxylation is 1. The first kappa shape index (κ1) is 14.2. The number of benzene rings is 1. The molecule has 112 valence electrons. The number of hydrogen-bond acceptors (Lipinski definition) is 3. The van der Waals surface area contributed by atoms with Crippen molar-refractivity contribution in [3.05, 3.63) is 35.5 Å². The quantitative estimate of drug-likeness (QED) is 0.875. The molecule has 0 bridgehead atoms. The van der Waals surface area contributed by atoms with Gasteiger partial charge in [0.1, 0.15) is 11.4 Å². The van der Waals surface area contributed by atoms with Crippen molar-refractivity contribution in [2.24, 2.45) is 5.92 Å². The van der Waals surface area contributed by atoms with Crippen LogP contribution in [-0.2, 0) is 6.42 Å². The van der Waals surface area contributed by atoms with Gasteiger partial charge in [-0.3, -0.25) is 0 Å². The van der Waals surface area contributed by atoms with Crippen LogP contribution in [0.3, 0.4) is 0 Å². The average Bonchev–Trinajstić information content (AvgIpc) is 2.90. The first-order chi connectivity index (χ1) is 10.3. The predicted molar refractivity (Wildman–Crippen MR) is 86.5 cm³/mol. The molecular weight excluding hydrogens is 260 g/mol. The Morgan fingerprint density at radius 1 is 1.14 bits per heavy atom. The minimum absolute atomic E-state index is 0.833. The van der Waals surface area contributed by atoms with E-state index in [0.717, 1.165) is 28.6 Å². The van der Waals surface area contributed by atoms with E-state index < -0.39 is 0 Å². The Balaban J connectivity index is 1.74. The van der Waals surface area contributed by atoms with Gasteiger partial charge in [-0.1, -0.05) is 61.5 Å². The molecule has 3 rings (SSSR count). The lowest BCUT2D eigenvalue weighted by Gasteiger charge is -2.21. The zero-order chi connectivity index (χ0) is 14.7. The summed E-state index contributed by atoms with van der Waals surface area (Å²) >= 11 is 0. The maximum Gasteiger partial charge on any atom is 0.190 e. The van der Waals surface area contributed by atoms with Crippen molar-refractivity contribution < 1.29 is 4.52 Å². The molecule has 1 aliphatic rings. The van der Waals surface area contributed by atoms with Crippen LogP contribution in [0.2, 0.25) is 0 Å². The third-order valence-corrected chi connectivity index (χ3v) is 4.58. The molecule has 0 radical (unpaired) electrons. The van der Waals surface area contributed by atoms with Crippen molar-refractivity contribution in [1.82, 2.24) is 5.16 Å². The smallest absolute Gasteiger partial charge is 0.190 e. The molecule has 1 N–H and O–H groups in total. The number of aromatic nitrogens is 1. The molecule has 1 fully saturated rings. The molecule has 1 saturated carbocycles. The fourth-order valence-corrected chi connectivity index (χ4v) is 3.38. The molecule has 0 atom stereocenters. The fourth-order valence-electron chi connectivity index (χ4n) is 3.38. The molecule has 0 unspecified atom stereocenters. The standard InChI is InChI=1S/C18H24N2O/c1-13-17(19-2)18(21-20-13)16-10-8-15(9-11-16)12-14-6-4-3-5-7-14/h8-11,14,19H,3-7,12H2,1-2H3. The van der Waals surface area contributed by atoms with Crippen LogP contribution in [-0.4, -0.2) is 12.2 Å². The van der Waals surface area contributed by atoms with Crippen molar-refractivity contribution in [2.75, 3.05) is 12.4 Å². The van der Waals surface area contributed by atoms with Gasteiger partial charge < -0.3 is 9.84 Å². The Labute approximate surface area is 126 Å². The molecule has 2 aromatic rings. The molecule has 0 aliphatic heterocycles. The molecule has 1 aromatic heterocycles. The van der Waals surface area contributed by atoms with Gasteiger partial charge in [-0.2, -0.15) is 0 Å². The maximum absolute atomic E-state index is 5.45. The van der Waals surface area contributed by atoms with E-state index in [0.29, 0.717) is 0 Å². The highest BCUT2D eigenvalue weighted by Crippen LogP contribution is 2.31. The Morgan fingerprint density at radius 3 is 2.52 bits per heavy atom. The van der Waals surface area contributed by atoms with E-state index in [1.807, 2.05) is 14.0 Å². The van der Waals surface area contributed by atoms with E-state index in [-0.39, 0.29) is 0 Å². The van der Waals surface area contributed by atoms with E-state index in [1.54, 1.807) is 0 Å². The predicted octanol–water partition coefficient (Wildman–Crippen LogP) is 4.81. The Hall–Kier alpha value is -1.77. The van der Waals surface area contributed by atoms with Crippen molar-refractivity contribution in [3.63, 3.8) is 0 Å². The van der Waals surface area contributed by atoms with Gasteiger partial charge in [-0.25, -0.2) is 0 Å². The van der Waals surface area contributed by atoms with Crippen LogP contribution in [0, 0.1) is 12.8 Å². The van der Waals surface area contributed by atoms with Crippen LogP contribution in [0.25, 0.3) is 11.3 Å². The van der Waals surface area contributed by atoms with Crippen molar-refractivity contribution in [2.45, 2.75) is 45.4 Å². The zero-order valence-electron chi connectivity index (χ0n) is 13.0. The summed E-state index contributed by atoms with van der Waals surface area (Å²) in [5.41, 5.74) is 4.41. The number of anilines is 1. The van der Waals surface area contributed by atoms with E-state index in [4.69, 9.17) is 4.52 Å². The van der Waals surface area contributed by atoms with E-state index in [1.165, 1.54) is 44.1 Å². The van der Waals surface area contributed by atoms with Gasteiger partial charge >= 0.3 is 0 Å². The molecule has 1 aliphatic carbocycles. The van der Waals surface area contributed by atoms with Gasteiger partial charge in [0.2, 0.25) is 0 Å². The Bertz CT molecular complexity index is 580. The van der Waals surface area contributed by atoms with Crippen molar-refractivity contribution in [1.29, 1.82) is 0 Å². The Morgan fingerprint density at radius 2 is 1.86 bits per heavy atom. The minimum atomic E-state index is 0.833. The van der Waals surface area contributed by atoms with Gasteiger partial charge in [-0.15, -0.1) is 0 Å². The highest BCUT2D eigenvalue weighted by molar-refractivity contribution is 5.74. The lowest BCUT2D eigenvalue weighted by molar-refractivity contribution is 0.356. The second-order valence-electron chi connectivity index (χ2n) is 6.13. The molecule has 3 nitrogen and oxygen atoms in total. The largest absolute Gasteiger partial charge is 0.383 e. The van der Waals surface area contributed by atoms with Crippen LogP contribution >= 0.6 is 0 Å². The molecule has 1 aromatic carbocycles. The van der Waals surface area contributed by atoms with E-state index in [2.05, 4.69) is 34.7 Å². The zero-order valence-corrected chi connectivity index (χ0v) is 13.0. The van der Waals surface area contributed by atoms with Crippen LogP contribution in [0.15, 0.2) is 28.8 Å². The second-order valence-corrected chi connectivity index (χ2v) is 6.13. The highest BCUT2D eigenvalue weighted by atomic mass is 16.5. The first-order valence-corrected chi connectivity index (χ1v) is 8.01. The highest BCUT2D eigenvalue weighted by Gasteiger charge is 2.15. The summed E-state index contributed by atoms with van der Waals surface area (Å²) in [6.45, 7) is 1.95. The summed E-state index contributed by atoms with van der Waals surface area (Å²) in [4.78, 5) is 0. The van der Waals surface area contributed by atoms with Gasteiger partial charge in [0.05, 0.1) is 0 Å². The maximum atomic E-state index is 5.45. The molecule has 0 amide bonds. The SMILES string of the molecule is CNc1c(C)noc1-c1ccc(CC2CCCCC2)cc1. The van der Waals surface area contributed by atoms with Gasteiger partial charge in [-0.05, 0) is 24.8 Å². The van der Waals surface area contributed by atoms with Gasteiger partial charge in [0.25, 0.3) is 0 Å². The fraction of sp³-hybridized carbons (Fsp3) is 0.500. The van der Waals surface area contributed by atoms with Crippen LogP contribution in [0.4, 0.5) is 5.69 Å². The summed E-state index contributed by atoms with van der Waals surface area (Å²) in [6.07, 6.45) is 8.25. The van der Waals surface area contributed by atoms with Gasteiger partial charge in [0.15, 0.2) is 5.76 Å². The lowest BCUT2D eigenvalue weighted by Crippen LogP contribution is -2.09. The van der Waals surface area contributed by atoms with Crippen LogP contribution < -0.4 is 5.32 Å². The van der Waals surface area contributed by atoms with Gasteiger partial charge in [0, 0.05) is 12.6 Å². The van der Waals surface area contributed by atoms with Crippen LogP contribution in [0.5, 0.6) is 0 Å². The topological polar surface area (TPSA) is 38.1 Å². The summed E-state index contributed by atoms with van der Waals surface area (Å²) in [6, 6.07) is 8.78. The summed E-state index contributed by atoms with van der Waals surface area (Å²) in [5, 5.41) is 7.21.